The summed E-state index contributed by atoms with van der Waals surface area (Å²) in [5.74, 6) is 0.461. The molecule has 0 unspecified atom stereocenters. The predicted molar refractivity (Wildman–Crippen MR) is 146 cm³/mol. The maximum Gasteiger partial charge on any atom is 0.250 e. The number of halogens is 1. The van der Waals surface area contributed by atoms with Crippen LogP contribution in [0.2, 0.25) is 0 Å². The summed E-state index contributed by atoms with van der Waals surface area (Å²) < 4.78 is 24.5. The number of nitrogens with zero attached hydrogens (tertiary/aromatic N) is 3. The molecule has 1 aliphatic carbocycles. The van der Waals surface area contributed by atoms with Gasteiger partial charge in [-0.15, -0.1) is 0 Å². The molecule has 2 aromatic carbocycles. The monoisotopic (exact) mass is 550 g/mol. The number of aromatic nitrogens is 2. The zero-order chi connectivity index (χ0) is 27.4. The van der Waals surface area contributed by atoms with Crippen molar-refractivity contribution in [1.29, 1.82) is 0 Å². The van der Waals surface area contributed by atoms with Gasteiger partial charge in [0, 0.05) is 29.7 Å². The Hall–Kier alpha value is -3.66. The molecular weight excluding hydrogens is 519 g/mol. The normalized spacial score (nSPS) is 15.6. The summed E-state index contributed by atoms with van der Waals surface area (Å²) >= 11 is 1.25. The van der Waals surface area contributed by atoms with E-state index < -0.39 is 5.54 Å². The minimum atomic E-state index is -1.07. The Morgan fingerprint density at radius 3 is 2.38 bits per heavy atom. The number of nitrogens with one attached hydrogen (secondary N) is 1. The van der Waals surface area contributed by atoms with Crippen LogP contribution in [0.15, 0.2) is 53.7 Å². The van der Waals surface area contributed by atoms with Gasteiger partial charge in [-0.1, -0.05) is 43.2 Å². The van der Waals surface area contributed by atoms with Crippen molar-refractivity contribution in [3.8, 4) is 11.5 Å². The highest BCUT2D eigenvalue weighted by Crippen LogP contribution is 2.39. The van der Waals surface area contributed by atoms with Crippen molar-refractivity contribution in [3.05, 3.63) is 71.3 Å². The number of aryl methyl sites for hydroxylation is 2. The van der Waals surface area contributed by atoms with Crippen LogP contribution in [0.5, 0.6) is 11.5 Å². The van der Waals surface area contributed by atoms with Crippen LogP contribution in [0, 0.1) is 19.7 Å². The lowest BCUT2D eigenvalue weighted by Gasteiger charge is -2.45. The number of ether oxygens (including phenoxy) is 2. The van der Waals surface area contributed by atoms with E-state index in [0.717, 1.165) is 36.2 Å². The molecule has 0 bridgehead atoms. The molecule has 0 spiro atoms. The molecule has 5 rings (SSSR count). The third-order valence-corrected chi connectivity index (χ3v) is 7.92. The van der Waals surface area contributed by atoms with E-state index in [1.807, 2.05) is 19.9 Å². The van der Waals surface area contributed by atoms with Gasteiger partial charge >= 0.3 is 0 Å². The average Bonchev–Trinajstić information content (AvgIpc) is 3.39. The number of benzene rings is 2. The molecule has 2 amide bonds. The zero-order valence-electron chi connectivity index (χ0n) is 22.0. The SMILES string of the molecule is Cc1cc(C)nc(SCC(=O)N(Cc2ccc(F)cc2)C2(C(=O)Nc3ccc4c(c3)OCO4)CCCCC2)n1. The van der Waals surface area contributed by atoms with Crippen molar-refractivity contribution in [2.45, 2.75) is 63.2 Å². The summed E-state index contributed by atoms with van der Waals surface area (Å²) in [7, 11) is 0. The predicted octanol–water partition coefficient (Wildman–Crippen LogP) is 5.42. The summed E-state index contributed by atoms with van der Waals surface area (Å²) in [5.41, 5.74) is 1.91. The summed E-state index contributed by atoms with van der Waals surface area (Å²) in [6.45, 7) is 4.10. The van der Waals surface area contributed by atoms with Gasteiger partial charge < -0.3 is 19.7 Å². The second-order valence-corrected chi connectivity index (χ2v) is 10.9. The first kappa shape index (κ1) is 26.9. The van der Waals surface area contributed by atoms with E-state index >= 15 is 0 Å². The van der Waals surface area contributed by atoms with Gasteiger partial charge in [0.1, 0.15) is 11.4 Å². The standard InChI is InChI=1S/C29H31FN4O4S/c1-19-14-20(2)32-28(31-19)39-17-26(35)34(16-21-6-8-22(30)9-7-21)29(12-4-3-5-13-29)27(36)33-23-10-11-24-25(15-23)38-18-37-24/h6-11,14-15H,3-5,12-13,16-18H2,1-2H3,(H,33,36). The summed E-state index contributed by atoms with van der Waals surface area (Å²) in [4.78, 5) is 38.6. The lowest BCUT2D eigenvalue weighted by Crippen LogP contribution is -2.60. The third kappa shape index (κ3) is 6.16. The number of carbonyl (C=O) groups is 2. The second kappa shape index (κ2) is 11.6. The molecule has 204 valence electrons. The van der Waals surface area contributed by atoms with Crippen LogP contribution in [0.1, 0.15) is 49.1 Å². The molecule has 1 fully saturated rings. The molecule has 0 radical (unpaired) electrons. The summed E-state index contributed by atoms with van der Waals surface area (Å²) in [6, 6.07) is 13.2. The van der Waals surface area contributed by atoms with E-state index in [4.69, 9.17) is 9.47 Å². The minimum absolute atomic E-state index is 0.0726. The van der Waals surface area contributed by atoms with Gasteiger partial charge in [-0.05, 0) is 62.6 Å². The maximum atomic E-state index is 14.1. The molecule has 8 nitrogen and oxygen atoms in total. The molecular formula is C29H31FN4O4S. The van der Waals surface area contributed by atoms with Crippen LogP contribution in [0.3, 0.4) is 0 Å². The number of thioether (sulfide) groups is 1. The number of hydrogen-bond acceptors (Lipinski definition) is 7. The highest BCUT2D eigenvalue weighted by atomic mass is 32.2. The summed E-state index contributed by atoms with van der Waals surface area (Å²) in [6.07, 6.45) is 3.68. The van der Waals surface area contributed by atoms with Crippen molar-refractivity contribution < 1.29 is 23.5 Å². The molecule has 0 saturated heterocycles. The molecule has 3 aromatic rings. The maximum absolute atomic E-state index is 14.1. The van der Waals surface area contributed by atoms with Crippen LogP contribution in [-0.4, -0.2) is 44.8 Å². The van der Waals surface area contributed by atoms with Gasteiger partial charge in [0.15, 0.2) is 16.7 Å². The molecule has 2 heterocycles. The highest BCUT2D eigenvalue weighted by Gasteiger charge is 2.47. The van der Waals surface area contributed by atoms with Crippen LogP contribution in [0.4, 0.5) is 10.1 Å². The van der Waals surface area contributed by atoms with Crippen molar-refractivity contribution in [2.24, 2.45) is 0 Å². The van der Waals surface area contributed by atoms with Crippen LogP contribution < -0.4 is 14.8 Å². The number of fused-ring (bicyclic) bond motifs is 1. The Bertz CT molecular complexity index is 1340. The minimum Gasteiger partial charge on any atom is -0.454 e. The van der Waals surface area contributed by atoms with Crippen molar-refractivity contribution in [2.75, 3.05) is 17.9 Å². The van der Waals surface area contributed by atoms with Crippen LogP contribution in [-0.2, 0) is 16.1 Å². The second-order valence-electron chi connectivity index (χ2n) is 9.94. The molecule has 10 heteroatoms. The molecule has 39 heavy (non-hydrogen) atoms. The molecule has 2 aliphatic rings. The fraction of sp³-hybridized carbons (Fsp3) is 0.379. The summed E-state index contributed by atoms with van der Waals surface area (Å²) in [5, 5.41) is 3.56. The molecule has 1 saturated carbocycles. The molecule has 1 aliphatic heterocycles. The van der Waals surface area contributed by atoms with Gasteiger partial charge in [-0.25, -0.2) is 14.4 Å². The fourth-order valence-electron chi connectivity index (χ4n) is 5.19. The van der Waals surface area contributed by atoms with E-state index in [2.05, 4.69) is 15.3 Å². The van der Waals surface area contributed by atoms with Crippen molar-refractivity contribution in [1.82, 2.24) is 14.9 Å². The van der Waals surface area contributed by atoms with Gasteiger partial charge in [0.25, 0.3) is 0 Å². The van der Waals surface area contributed by atoms with Gasteiger partial charge in [0.2, 0.25) is 18.6 Å². The Morgan fingerprint density at radius 1 is 0.974 bits per heavy atom. The van der Waals surface area contributed by atoms with E-state index in [-0.39, 0.29) is 36.7 Å². The topological polar surface area (TPSA) is 93.7 Å². The molecule has 1 N–H and O–H groups in total. The van der Waals surface area contributed by atoms with E-state index in [9.17, 15) is 14.0 Å². The Balaban J connectivity index is 1.44. The highest BCUT2D eigenvalue weighted by molar-refractivity contribution is 7.99. The van der Waals surface area contributed by atoms with E-state index in [0.29, 0.717) is 35.2 Å². The fourth-order valence-corrected chi connectivity index (χ4v) is 6.02. The smallest absolute Gasteiger partial charge is 0.250 e. The third-order valence-electron chi connectivity index (χ3n) is 7.09. The van der Waals surface area contributed by atoms with Gasteiger partial charge in [-0.2, -0.15) is 0 Å². The Labute approximate surface area is 231 Å². The number of amides is 2. The first-order valence-corrected chi connectivity index (χ1v) is 14.0. The first-order valence-electron chi connectivity index (χ1n) is 13.0. The van der Waals surface area contributed by atoms with E-state index in [1.54, 1.807) is 35.2 Å². The quantitative estimate of drug-likeness (QED) is 0.296. The van der Waals surface area contributed by atoms with E-state index in [1.165, 1.54) is 23.9 Å². The average molecular weight is 551 g/mol. The first-order chi connectivity index (χ1) is 18.8. The van der Waals surface area contributed by atoms with Gasteiger partial charge in [-0.3, -0.25) is 9.59 Å². The lowest BCUT2D eigenvalue weighted by molar-refractivity contribution is -0.146. The van der Waals surface area contributed by atoms with Crippen molar-refractivity contribution >= 4 is 29.3 Å². The number of carbonyl (C=O) groups excluding carboxylic acids is 2. The van der Waals surface area contributed by atoms with Crippen LogP contribution in [0.25, 0.3) is 0 Å². The zero-order valence-corrected chi connectivity index (χ0v) is 22.9. The van der Waals surface area contributed by atoms with Crippen molar-refractivity contribution in [3.63, 3.8) is 0 Å². The number of anilines is 1. The van der Waals surface area contributed by atoms with Gasteiger partial charge in [0.05, 0.1) is 5.75 Å². The van der Waals surface area contributed by atoms with Crippen LogP contribution >= 0.6 is 11.8 Å². The molecule has 0 atom stereocenters. The number of rotatable bonds is 8. The largest absolute Gasteiger partial charge is 0.454 e. The Kier molecular flexibility index (Phi) is 8.02. The number of hydrogen-bond donors (Lipinski definition) is 1. The molecule has 1 aromatic heterocycles. The Morgan fingerprint density at radius 2 is 1.67 bits per heavy atom. The lowest BCUT2D eigenvalue weighted by atomic mass is 9.79.